The highest BCUT2D eigenvalue weighted by atomic mass is 79.9. The Morgan fingerprint density at radius 1 is 1.12 bits per heavy atom. The van der Waals surface area contributed by atoms with Gasteiger partial charge in [0, 0.05) is 35.0 Å². The zero-order chi connectivity index (χ0) is 22.7. The average Bonchev–Trinajstić information content (AvgIpc) is 3.07. The van der Waals surface area contributed by atoms with Gasteiger partial charge >= 0.3 is 5.97 Å². The Morgan fingerprint density at radius 2 is 1.88 bits per heavy atom. The molecular formula is C26H30BrNO4. The van der Waals surface area contributed by atoms with E-state index in [0.29, 0.717) is 13.0 Å². The minimum Gasteiger partial charge on any atom is -0.485 e. The lowest BCUT2D eigenvalue weighted by atomic mass is 9.73. The number of carbonyl (C=O) groups is 2. The van der Waals surface area contributed by atoms with Gasteiger partial charge in [0.05, 0.1) is 13.0 Å². The van der Waals surface area contributed by atoms with Gasteiger partial charge in [0.1, 0.15) is 11.9 Å². The molecule has 32 heavy (non-hydrogen) atoms. The van der Waals surface area contributed by atoms with E-state index in [9.17, 15) is 9.59 Å². The minimum absolute atomic E-state index is 0.0152. The number of benzene rings is 2. The Balaban J connectivity index is 1.59. The summed E-state index contributed by atoms with van der Waals surface area (Å²) in [5.41, 5.74) is 3.38. The number of halogens is 1. The molecule has 0 aromatic heterocycles. The van der Waals surface area contributed by atoms with Gasteiger partial charge < -0.3 is 14.4 Å². The van der Waals surface area contributed by atoms with E-state index >= 15 is 0 Å². The van der Waals surface area contributed by atoms with E-state index in [-0.39, 0.29) is 29.8 Å². The van der Waals surface area contributed by atoms with Crippen molar-refractivity contribution in [2.75, 3.05) is 19.7 Å². The number of amides is 1. The van der Waals surface area contributed by atoms with Gasteiger partial charge in [0.2, 0.25) is 5.91 Å². The lowest BCUT2D eigenvalue weighted by molar-refractivity contribution is -0.142. The van der Waals surface area contributed by atoms with E-state index in [1.807, 2.05) is 43.0 Å². The van der Waals surface area contributed by atoms with Gasteiger partial charge in [-0.1, -0.05) is 47.1 Å². The van der Waals surface area contributed by atoms with E-state index in [2.05, 4.69) is 34.1 Å². The summed E-state index contributed by atoms with van der Waals surface area (Å²) < 4.78 is 12.7. The van der Waals surface area contributed by atoms with E-state index < -0.39 is 0 Å². The van der Waals surface area contributed by atoms with Crippen molar-refractivity contribution in [2.45, 2.75) is 57.5 Å². The predicted octanol–water partition coefficient (Wildman–Crippen LogP) is 5.35. The molecule has 4 rings (SSSR count). The van der Waals surface area contributed by atoms with Crippen LogP contribution in [0.4, 0.5) is 0 Å². The summed E-state index contributed by atoms with van der Waals surface area (Å²) in [5.74, 6) is 0.712. The normalized spacial score (nSPS) is 19.0. The van der Waals surface area contributed by atoms with Crippen molar-refractivity contribution >= 4 is 27.8 Å². The van der Waals surface area contributed by atoms with Crippen LogP contribution >= 0.6 is 15.9 Å². The number of fused-ring (bicyclic) bond motifs is 2. The highest BCUT2D eigenvalue weighted by molar-refractivity contribution is 9.10. The molecule has 2 aromatic rings. The molecule has 1 aliphatic heterocycles. The number of ether oxygens (including phenoxy) is 2. The van der Waals surface area contributed by atoms with Crippen LogP contribution in [0.1, 0.15) is 62.3 Å². The van der Waals surface area contributed by atoms with Gasteiger partial charge in [0.25, 0.3) is 0 Å². The first kappa shape index (κ1) is 22.8. The largest absolute Gasteiger partial charge is 0.485 e. The highest BCUT2D eigenvalue weighted by Crippen LogP contribution is 2.52. The molecule has 5 nitrogen and oxygen atoms in total. The Kier molecular flexibility index (Phi) is 6.89. The first-order valence-corrected chi connectivity index (χ1v) is 12.2. The van der Waals surface area contributed by atoms with E-state index in [1.165, 1.54) is 11.1 Å². The van der Waals surface area contributed by atoms with Crippen molar-refractivity contribution in [3.63, 3.8) is 0 Å². The molecule has 2 aliphatic rings. The summed E-state index contributed by atoms with van der Waals surface area (Å²) in [5, 5.41) is 0. The highest BCUT2D eigenvalue weighted by Gasteiger charge is 2.47. The molecule has 1 amide bonds. The van der Waals surface area contributed by atoms with Gasteiger partial charge in [-0.15, -0.1) is 0 Å². The molecule has 0 saturated carbocycles. The van der Waals surface area contributed by atoms with Crippen molar-refractivity contribution in [1.29, 1.82) is 0 Å². The number of esters is 1. The molecule has 1 heterocycles. The van der Waals surface area contributed by atoms with Gasteiger partial charge in [0.15, 0.2) is 0 Å². The number of hydrogen-bond donors (Lipinski definition) is 0. The van der Waals surface area contributed by atoms with Crippen molar-refractivity contribution in [1.82, 2.24) is 4.90 Å². The molecule has 0 radical (unpaired) electrons. The molecule has 0 N–H and O–H groups in total. The fourth-order valence-electron chi connectivity index (χ4n) is 5.13. The van der Waals surface area contributed by atoms with Crippen molar-refractivity contribution in [2.24, 2.45) is 0 Å². The molecule has 1 saturated heterocycles. The van der Waals surface area contributed by atoms with Crippen LogP contribution in [0.25, 0.3) is 0 Å². The van der Waals surface area contributed by atoms with Crippen LogP contribution in [0.15, 0.2) is 46.9 Å². The number of nitrogens with zero attached hydrogens (tertiary/aromatic N) is 1. The van der Waals surface area contributed by atoms with Crippen LogP contribution in [0.5, 0.6) is 5.75 Å². The maximum atomic E-state index is 12.2. The Labute approximate surface area is 198 Å². The van der Waals surface area contributed by atoms with E-state index in [1.54, 1.807) is 0 Å². The maximum absolute atomic E-state index is 12.2. The van der Waals surface area contributed by atoms with Crippen LogP contribution in [-0.2, 0) is 26.2 Å². The van der Waals surface area contributed by atoms with E-state index in [0.717, 1.165) is 48.1 Å². The first-order valence-electron chi connectivity index (χ1n) is 11.4. The van der Waals surface area contributed by atoms with Crippen molar-refractivity contribution in [3.8, 4) is 5.75 Å². The molecule has 6 heteroatoms. The fraction of sp³-hybridized carbons (Fsp3) is 0.462. The standard InChI is InChI=1S/C26H30BrNO4/c1-3-24(29)28-13-11-26(12-14-28)17-23(20-16-19(27)9-10-21(20)26)32-22-8-6-5-7-18(22)15-25(30)31-4-2/h5-10,16,23H,3-4,11-15,17H2,1-2H3. The van der Waals surface area contributed by atoms with Crippen molar-refractivity contribution < 1.29 is 19.1 Å². The van der Waals surface area contributed by atoms with Gasteiger partial charge in [-0.05, 0) is 55.5 Å². The predicted molar refractivity (Wildman–Crippen MR) is 127 cm³/mol. The maximum Gasteiger partial charge on any atom is 0.310 e. The summed E-state index contributed by atoms with van der Waals surface area (Å²) in [7, 11) is 0. The third-order valence-electron chi connectivity index (χ3n) is 6.77. The monoisotopic (exact) mass is 499 g/mol. The second kappa shape index (κ2) is 9.65. The molecule has 170 valence electrons. The van der Waals surface area contributed by atoms with Crippen molar-refractivity contribution in [3.05, 3.63) is 63.6 Å². The summed E-state index contributed by atoms with van der Waals surface area (Å²) in [4.78, 5) is 26.3. The second-order valence-corrected chi connectivity index (χ2v) is 9.56. The molecule has 1 aliphatic carbocycles. The molecule has 1 atom stereocenters. The average molecular weight is 500 g/mol. The molecule has 1 unspecified atom stereocenters. The second-order valence-electron chi connectivity index (χ2n) is 8.65. The van der Waals surface area contributed by atoms with Crippen LogP contribution < -0.4 is 4.74 Å². The lowest BCUT2D eigenvalue weighted by Gasteiger charge is -2.40. The summed E-state index contributed by atoms with van der Waals surface area (Å²) in [6.45, 7) is 5.67. The molecule has 1 fully saturated rings. The van der Waals surface area contributed by atoms with Crippen LogP contribution in [-0.4, -0.2) is 36.5 Å². The van der Waals surface area contributed by atoms with Crippen LogP contribution in [0.2, 0.25) is 0 Å². The number of piperidine rings is 1. The third kappa shape index (κ3) is 4.56. The summed E-state index contributed by atoms with van der Waals surface area (Å²) in [6.07, 6.45) is 3.41. The summed E-state index contributed by atoms with van der Waals surface area (Å²) in [6, 6.07) is 14.2. The quantitative estimate of drug-likeness (QED) is 0.502. The zero-order valence-corrected chi connectivity index (χ0v) is 20.3. The minimum atomic E-state index is -0.248. The molecule has 0 bridgehead atoms. The zero-order valence-electron chi connectivity index (χ0n) is 18.7. The summed E-state index contributed by atoms with van der Waals surface area (Å²) >= 11 is 3.62. The Hall–Kier alpha value is -2.34. The third-order valence-corrected chi connectivity index (χ3v) is 7.26. The number of para-hydroxylation sites is 1. The number of likely N-dealkylation sites (tertiary alicyclic amines) is 1. The Morgan fingerprint density at radius 3 is 2.59 bits per heavy atom. The van der Waals surface area contributed by atoms with Gasteiger partial charge in [-0.25, -0.2) is 0 Å². The number of hydrogen-bond acceptors (Lipinski definition) is 4. The topological polar surface area (TPSA) is 55.8 Å². The SMILES string of the molecule is CCOC(=O)Cc1ccccc1OC1CC2(CCN(C(=O)CC)CC2)c2ccc(Br)cc21. The number of carbonyl (C=O) groups excluding carboxylic acids is 2. The number of rotatable bonds is 6. The first-order chi connectivity index (χ1) is 15.5. The van der Waals surface area contributed by atoms with Crippen LogP contribution in [0, 0.1) is 0 Å². The lowest BCUT2D eigenvalue weighted by Crippen LogP contribution is -2.44. The van der Waals surface area contributed by atoms with Gasteiger partial charge in [-0.2, -0.15) is 0 Å². The molecular weight excluding hydrogens is 470 g/mol. The van der Waals surface area contributed by atoms with E-state index in [4.69, 9.17) is 9.47 Å². The molecule has 2 aromatic carbocycles. The Bertz CT molecular complexity index is 997. The van der Waals surface area contributed by atoms with Crippen LogP contribution in [0.3, 0.4) is 0 Å². The fourth-order valence-corrected chi connectivity index (χ4v) is 5.51. The van der Waals surface area contributed by atoms with Gasteiger partial charge in [-0.3, -0.25) is 9.59 Å². The smallest absolute Gasteiger partial charge is 0.310 e. The molecule has 1 spiro atoms.